The smallest absolute Gasteiger partial charge is 0.221 e. The lowest BCUT2D eigenvalue weighted by Gasteiger charge is -2.24. The van der Waals surface area contributed by atoms with E-state index in [0.29, 0.717) is 11.6 Å². The van der Waals surface area contributed by atoms with Crippen LogP contribution in [0.5, 0.6) is 11.6 Å². The van der Waals surface area contributed by atoms with Gasteiger partial charge in [0, 0.05) is 17.3 Å². The highest BCUT2D eigenvalue weighted by Gasteiger charge is 2.22. The Balaban J connectivity index is 2.69. The number of hydrogen-bond donors (Lipinski definition) is 1. The van der Waals surface area contributed by atoms with Gasteiger partial charge in [0.1, 0.15) is 5.75 Å². The molecule has 0 unspecified atom stereocenters. The summed E-state index contributed by atoms with van der Waals surface area (Å²) >= 11 is 0. The second kappa shape index (κ2) is 5.64. The number of rotatable bonds is 3. The lowest BCUT2D eigenvalue weighted by molar-refractivity contribution is 0.398. The molecule has 1 heterocycles. The summed E-state index contributed by atoms with van der Waals surface area (Å²) < 4.78 is 10.8. The highest BCUT2D eigenvalue weighted by Crippen LogP contribution is 2.40. The SMILES string of the molecule is COc1ncccc1-c1cc(N)c(OC)c(C(C)(C)C)c1. The predicted molar refractivity (Wildman–Crippen MR) is 85.9 cm³/mol. The summed E-state index contributed by atoms with van der Waals surface area (Å²) in [5.74, 6) is 1.32. The Morgan fingerprint density at radius 2 is 1.81 bits per heavy atom. The second-order valence-corrected chi connectivity index (χ2v) is 5.96. The number of nitrogen functional groups attached to an aromatic ring is 1. The maximum Gasteiger partial charge on any atom is 0.221 e. The molecule has 0 bridgehead atoms. The summed E-state index contributed by atoms with van der Waals surface area (Å²) in [5.41, 5.74) is 9.66. The molecule has 0 aliphatic rings. The summed E-state index contributed by atoms with van der Waals surface area (Å²) in [5, 5.41) is 0. The van der Waals surface area contributed by atoms with Crippen molar-refractivity contribution in [2.45, 2.75) is 26.2 Å². The molecule has 1 aromatic heterocycles. The number of benzene rings is 1. The van der Waals surface area contributed by atoms with Crippen LogP contribution < -0.4 is 15.2 Å². The van der Waals surface area contributed by atoms with Crippen LogP contribution in [0.3, 0.4) is 0 Å². The Labute approximate surface area is 125 Å². The number of hydrogen-bond acceptors (Lipinski definition) is 4. The van der Waals surface area contributed by atoms with E-state index >= 15 is 0 Å². The number of nitrogens with two attached hydrogens (primary N) is 1. The first-order chi connectivity index (χ1) is 9.88. The van der Waals surface area contributed by atoms with E-state index < -0.39 is 0 Å². The van der Waals surface area contributed by atoms with Crippen LogP contribution in [0.4, 0.5) is 5.69 Å². The van der Waals surface area contributed by atoms with E-state index in [1.807, 2.05) is 18.2 Å². The van der Waals surface area contributed by atoms with Gasteiger partial charge in [-0.25, -0.2) is 4.98 Å². The van der Waals surface area contributed by atoms with E-state index in [0.717, 1.165) is 22.4 Å². The van der Waals surface area contributed by atoms with Gasteiger partial charge in [-0.2, -0.15) is 0 Å². The first-order valence-electron chi connectivity index (χ1n) is 6.86. The molecule has 0 aliphatic heterocycles. The summed E-state index contributed by atoms with van der Waals surface area (Å²) in [6.07, 6.45) is 1.71. The van der Waals surface area contributed by atoms with E-state index in [9.17, 15) is 0 Å². The van der Waals surface area contributed by atoms with Crippen LogP contribution >= 0.6 is 0 Å². The Hall–Kier alpha value is -2.23. The molecule has 0 spiro atoms. The maximum atomic E-state index is 6.17. The van der Waals surface area contributed by atoms with Gasteiger partial charge in [0.2, 0.25) is 5.88 Å². The van der Waals surface area contributed by atoms with Gasteiger partial charge in [0.15, 0.2) is 0 Å². The third-order valence-corrected chi connectivity index (χ3v) is 3.41. The van der Waals surface area contributed by atoms with E-state index in [2.05, 4.69) is 31.8 Å². The summed E-state index contributed by atoms with van der Waals surface area (Å²) in [6, 6.07) is 7.84. The number of aromatic nitrogens is 1. The van der Waals surface area contributed by atoms with Gasteiger partial charge in [-0.15, -0.1) is 0 Å². The Morgan fingerprint density at radius 1 is 1.10 bits per heavy atom. The Morgan fingerprint density at radius 3 is 2.38 bits per heavy atom. The quantitative estimate of drug-likeness (QED) is 0.875. The van der Waals surface area contributed by atoms with Gasteiger partial charge in [0.05, 0.1) is 19.9 Å². The molecule has 2 rings (SSSR count). The first-order valence-corrected chi connectivity index (χ1v) is 6.86. The molecular formula is C17H22N2O2. The topological polar surface area (TPSA) is 57.4 Å². The van der Waals surface area contributed by atoms with Crippen molar-refractivity contribution in [2.24, 2.45) is 0 Å². The Kier molecular flexibility index (Phi) is 4.07. The van der Waals surface area contributed by atoms with Crippen molar-refractivity contribution in [2.75, 3.05) is 20.0 Å². The van der Waals surface area contributed by atoms with Gasteiger partial charge < -0.3 is 15.2 Å². The average molecular weight is 286 g/mol. The van der Waals surface area contributed by atoms with Gasteiger partial charge >= 0.3 is 0 Å². The zero-order valence-corrected chi connectivity index (χ0v) is 13.2. The molecule has 4 nitrogen and oxygen atoms in total. The van der Waals surface area contributed by atoms with Crippen molar-refractivity contribution >= 4 is 5.69 Å². The molecule has 0 saturated carbocycles. The van der Waals surface area contributed by atoms with Crippen LogP contribution in [0.1, 0.15) is 26.3 Å². The normalized spacial score (nSPS) is 11.3. The molecule has 2 N–H and O–H groups in total. The molecule has 0 amide bonds. The number of nitrogens with zero attached hydrogens (tertiary/aromatic N) is 1. The van der Waals surface area contributed by atoms with Crippen LogP contribution in [0.15, 0.2) is 30.5 Å². The maximum absolute atomic E-state index is 6.17. The van der Waals surface area contributed by atoms with E-state index in [-0.39, 0.29) is 5.41 Å². The van der Waals surface area contributed by atoms with Crippen molar-refractivity contribution in [3.8, 4) is 22.8 Å². The van der Waals surface area contributed by atoms with Crippen molar-refractivity contribution < 1.29 is 9.47 Å². The fraction of sp³-hybridized carbons (Fsp3) is 0.353. The molecule has 0 radical (unpaired) electrons. The monoisotopic (exact) mass is 286 g/mol. The molecule has 0 fully saturated rings. The molecule has 0 atom stereocenters. The van der Waals surface area contributed by atoms with Crippen LogP contribution in [0.25, 0.3) is 11.1 Å². The van der Waals surface area contributed by atoms with Gasteiger partial charge in [0.25, 0.3) is 0 Å². The summed E-state index contributed by atoms with van der Waals surface area (Å²) in [6.45, 7) is 6.40. The highest BCUT2D eigenvalue weighted by molar-refractivity contribution is 5.76. The van der Waals surface area contributed by atoms with Crippen LogP contribution in [0.2, 0.25) is 0 Å². The van der Waals surface area contributed by atoms with Crippen LogP contribution in [-0.4, -0.2) is 19.2 Å². The van der Waals surface area contributed by atoms with Crippen molar-refractivity contribution in [3.63, 3.8) is 0 Å². The third-order valence-electron chi connectivity index (χ3n) is 3.41. The minimum atomic E-state index is -0.0785. The van der Waals surface area contributed by atoms with Crippen molar-refractivity contribution in [1.29, 1.82) is 0 Å². The van der Waals surface area contributed by atoms with E-state index in [1.165, 1.54) is 0 Å². The van der Waals surface area contributed by atoms with Gasteiger partial charge in [-0.3, -0.25) is 0 Å². The Bertz CT molecular complexity index is 646. The van der Waals surface area contributed by atoms with Crippen molar-refractivity contribution in [3.05, 3.63) is 36.0 Å². The van der Waals surface area contributed by atoms with Gasteiger partial charge in [-0.1, -0.05) is 20.8 Å². The second-order valence-electron chi connectivity index (χ2n) is 5.96. The fourth-order valence-corrected chi connectivity index (χ4v) is 2.36. The minimum Gasteiger partial charge on any atom is -0.494 e. The summed E-state index contributed by atoms with van der Waals surface area (Å²) in [7, 11) is 3.26. The lowest BCUT2D eigenvalue weighted by atomic mass is 9.84. The largest absolute Gasteiger partial charge is 0.494 e. The zero-order chi connectivity index (χ0) is 15.6. The number of pyridine rings is 1. The average Bonchev–Trinajstić information content (AvgIpc) is 2.45. The molecular weight excluding hydrogens is 264 g/mol. The van der Waals surface area contributed by atoms with Crippen LogP contribution in [-0.2, 0) is 5.41 Å². The number of ether oxygens (including phenoxy) is 2. The molecule has 1 aromatic carbocycles. The van der Waals surface area contributed by atoms with Crippen LogP contribution in [0, 0.1) is 0 Å². The van der Waals surface area contributed by atoms with E-state index in [4.69, 9.17) is 15.2 Å². The lowest BCUT2D eigenvalue weighted by Crippen LogP contribution is -2.14. The molecule has 4 heteroatoms. The highest BCUT2D eigenvalue weighted by atomic mass is 16.5. The first kappa shape index (κ1) is 15.2. The van der Waals surface area contributed by atoms with Crippen molar-refractivity contribution in [1.82, 2.24) is 4.98 Å². The zero-order valence-electron chi connectivity index (χ0n) is 13.2. The fourth-order valence-electron chi connectivity index (χ4n) is 2.36. The minimum absolute atomic E-state index is 0.0785. The standard InChI is InChI=1S/C17H22N2O2/c1-17(2,3)13-9-11(10-14(18)15(13)20-4)12-7-6-8-19-16(12)21-5/h6-10H,18H2,1-5H3. The molecule has 112 valence electrons. The molecule has 2 aromatic rings. The molecule has 0 aliphatic carbocycles. The molecule has 0 saturated heterocycles. The number of methoxy groups -OCH3 is 2. The summed E-state index contributed by atoms with van der Waals surface area (Å²) in [4.78, 5) is 4.24. The number of anilines is 1. The molecule has 21 heavy (non-hydrogen) atoms. The van der Waals surface area contributed by atoms with E-state index in [1.54, 1.807) is 20.4 Å². The van der Waals surface area contributed by atoms with Gasteiger partial charge in [-0.05, 0) is 35.2 Å². The third kappa shape index (κ3) is 2.94. The predicted octanol–water partition coefficient (Wildman–Crippen LogP) is 3.65.